The Hall–Kier alpha value is -2.43. The molecule has 0 aliphatic carbocycles. The number of ether oxygens (including phenoxy) is 3. The topological polar surface area (TPSA) is 73.9 Å². The van der Waals surface area contributed by atoms with Gasteiger partial charge in [0.25, 0.3) is 0 Å². The Kier molecular flexibility index (Phi) is 9.48. The fourth-order valence-electron chi connectivity index (χ4n) is 1.87. The maximum Gasteiger partial charge on any atom is 0.407 e. The highest BCUT2D eigenvalue weighted by molar-refractivity contribution is 5.72. The summed E-state index contributed by atoms with van der Waals surface area (Å²) in [6.07, 6.45) is 0.185. The van der Waals surface area contributed by atoms with Gasteiger partial charge in [0, 0.05) is 20.1 Å². The van der Waals surface area contributed by atoms with E-state index in [2.05, 4.69) is 10.1 Å². The minimum atomic E-state index is -2.34. The monoisotopic (exact) mass is 399 g/mol. The molecule has 152 valence electrons. The molecule has 1 rings (SSSR count). The zero-order chi connectivity index (χ0) is 20.4. The standard InChI is InChI=1S/C16H18F5NO5/c1-25-7-8-26-16(24)22-6-4-2-3-5-9(23)27-15-13(20)11(18)10(17)12(19)14(15)21/h2-8H2,1H3,(H,22,24). The summed E-state index contributed by atoms with van der Waals surface area (Å²) in [5, 5.41) is 2.45. The highest BCUT2D eigenvalue weighted by Crippen LogP contribution is 2.29. The quantitative estimate of drug-likeness (QED) is 0.163. The van der Waals surface area contributed by atoms with Crippen LogP contribution in [0.2, 0.25) is 0 Å². The van der Waals surface area contributed by atoms with E-state index in [0.29, 0.717) is 12.8 Å². The summed E-state index contributed by atoms with van der Waals surface area (Å²) in [6, 6.07) is 0. The number of unbranched alkanes of at least 4 members (excludes halogenated alkanes) is 2. The minimum Gasteiger partial charge on any atom is -0.447 e. The molecule has 0 aliphatic heterocycles. The first-order valence-electron chi connectivity index (χ1n) is 7.91. The van der Waals surface area contributed by atoms with Gasteiger partial charge >= 0.3 is 12.1 Å². The van der Waals surface area contributed by atoms with Crippen LogP contribution in [0.15, 0.2) is 0 Å². The molecule has 11 heteroatoms. The van der Waals surface area contributed by atoms with Crippen LogP contribution in [0.3, 0.4) is 0 Å². The average Bonchev–Trinajstić information content (AvgIpc) is 2.65. The van der Waals surface area contributed by atoms with Crippen molar-refractivity contribution in [3.63, 3.8) is 0 Å². The van der Waals surface area contributed by atoms with Crippen molar-refractivity contribution in [3.05, 3.63) is 29.1 Å². The molecule has 1 aromatic carbocycles. The number of methoxy groups -OCH3 is 1. The van der Waals surface area contributed by atoms with Crippen LogP contribution in [0.4, 0.5) is 26.7 Å². The summed E-state index contributed by atoms with van der Waals surface area (Å²) in [7, 11) is 1.46. The van der Waals surface area contributed by atoms with Crippen LogP contribution in [0.1, 0.15) is 25.7 Å². The Labute approximate surface area is 151 Å². The lowest BCUT2D eigenvalue weighted by Crippen LogP contribution is -2.26. The largest absolute Gasteiger partial charge is 0.447 e. The molecule has 0 saturated heterocycles. The van der Waals surface area contributed by atoms with Gasteiger partial charge in [-0.15, -0.1) is 0 Å². The highest BCUT2D eigenvalue weighted by atomic mass is 19.2. The molecule has 1 amide bonds. The van der Waals surface area contributed by atoms with Crippen molar-refractivity contribution in [3.8, 4) is 5.75 Å². The molecule has 0 unspecified atom stereocenters. The van der Waals surface area contributed by atoms with Crippen molar-refractivity contribution in [1.29, 1.82) is 0 Å². The first kappa shape index (κ1) is 22.6. The predicted octanol–water partition coefficient (Wildman–Crippen LogP) is 3.22. The molecular weight excluding hydrogens is 381 g/mol. The molecule has 0 spiro atoms. The van der Waals surface area contributed by atoms with E-state index in [9.17, 15) is 31.5 Å². The van der Waals surface area contributed by atoms with Crippen LogP contribution < -0.4 is 10.1 Å². The van der Waals surface area contributed by atoms with Gasteiger partial charge in [0.1, 0.15) is 6.61 Å². The second-order valence-corrected chi connectivity index (χ2v) is 5.24. The van der Waals surface area contributed by atoms with Gasteiger partial charge in [-0.2, -0.15) is 8.78 Å². The van der Waals surface area contributed by atoms with Crippen LogP contribution in [0, 0.1) is 29.1 Å². The van der Waals surface area contributed by atoms with Gasteiger partial charge in [0.15, 0.2) is 0 Å². The van der Waals surface area contributed by atoms with Crippen LogP contribution in [0.5, 0.6) is 5.75 Å². The highest BCUT2D eigenvalue weighted by Gasteiger charge is 2.28. The summed E-state index contributed by atoms with van der Waals surface area (Å²) in [5.74, 6) is -13.9. The molecule has 0 fully saturated rings. The molecule has 27 heavy (non-hydrogen) atoms. The molecule has 0 atom stereocenters. The number of amides is 1. The lowest BCUT2D eigenvalue weighted by Gasteiger charge is -2.09. The van der Waals surface area contributed by atoms with Gasteiger partial charge in [0.05, 0.1) is 6.61 Å². The third-order valence-electron chi connectivity index (χ3n) is 3.23. The number of carbonyl (C=O) groups excluding carboxylic acids is 2. The summed E-state index contributed by atoms with van der Waals surface area (Å²) in [4.78, 5) is 22.7. The van der Waals surface area contributed by atoms with Crippen LogP contribution >= 0.6 is 0 Å². The lowest BCUT2D eigenvalue weighted by atomic mass is 10.2. The second kappa shape index (κ2) is 11.3. The van der Waals surface area contributed by atoms with Crippen molar-refractivity contribution < 1.29 is 45.8 Å². The number of rotatable bonds is 10. The third kappa shape index (κ3) is 7.00. The zero-order valence-corrected chi connectivity index (χ0v) is 14.4. The first-order chi connectivity index (χ1) is 12.8. The van der Waals surface area contributed by atoms with Gasteiger partial charge in [-0.3, -0.25) is 4.79 Å². The Balaban J connectivity index is 2.32. The number of alkyl carbamates (subject to hydrolysis) is 1. The Bertz CT molecular complexity index is 642. The van der Waals surface area contributed by atoms with Crippen molar-refractivity contribution in [2.24, 2.45) is 0 Å². The van der Waals surface area contributed by atoms with Crippen molar-refractivity contribution >= 4 is 12.1 Å². The van der Waals surface area contributed by atoms with Crippen LogP contribution in [-0.4, -0.2) is 38.9 Å². The van der Waals surface area contributed by atoms with Crippen molar-refractivity contribution in [1.82, 2.24) is 5.32 Å². The molecule has 6 nitrogen and oxygen atoms in total. The van der Waals surface area contributed by atoms with E-state index in [0.717, 1.165) is 0 Å². The Morgan fingerprint density at radius 2 is 1.44 bits per heavy atom. The molecule has 0 saturated carbocycles. The van der Waals surface area contributed by atoms with E-state index < -0.39 is 46.9 Å². The smallest absolute Gasteiger partial charge is 0.407 e. The fraction of sp³-hybridized carbons (Fsp3) is 0.500. The number of carbonyl (C=O) groups is 2. The van der Waals surface area contributed by atoms with E-state index >= 15 is 0 Å². The molecule has 0 bridgehead atoms. The normalized spacial score (nSPS) is 10.6. The average molecular weight is 399 g/mol. The van der Waals surface area contributed by atoms with E-state index in [1.807, 2.05) is 0 Å². The zero-order valence-electron chi connectivity index (χ0n) is 14.4. The van der Waals surface area contributed by atoms with Crippen molar-refractivity contribution in [2.75, 3.05) is 26.9 Å². The molecule has 0 heterocycles. The van der Waals surface area contributed by atoms with E-state index in [-0.39, 0.29) is 32.6 Å². The van der Waals surface area contributed by atoms with Gasteiger partial charge in [0.2, 0.25) is 34.8 Å². The summed E-state index contributed by atoms with van der Waals surface area (Å²) in [5.41, 5.74) is 0. The number of halogens is 5. The summed E-state index contributed by atoms with van der Waals surface area (Å²) < 4.78 is 79.3. The minimum absolute atomic E-state index is 0.103. The van der Waals surface area contributed by atoms with Crippen LogP contribution in [-0.2, 0) is 14.3 Å². The molecule has 0 aromatic heterocycles. The van der Waals surface area contributed by atoms with Gasteiger partial charge < -0.3 is 19.5 Å². The Morgan fingerprint density at radius 1 is 0.852 bits per heavy atom. The van der Waals surface area contributed by atoms with Gasteiger partial charge in [-0.25, -0.2) is 18.0 Å². The SMILES string of the molecule is COCCOC(=O)NCCCCCC(=O)Oc1c(F)c(F)c(F)c(F)c1F. The lowest BCUT2D eigenvalue weighted by molar-refractivity contribution is -0.135. The summed E-state index contributed by atoms with van der Waals surface area (Å²) >= 11 is 0. The number of benzene rings is 1. The Morgan fingerprint density at radius 3 is 2.04 bits per heavy atom. The van der Waals surface area contributed by atoms with E-state index in [1.165, 1.54) is 7.11 Å². The van der Waals surface area contributed by atoms with Gasteiger partial charge in [-0.1, -0.05) is 6.42 Å². The predicted molar refractivity (Wildman–Crippen MR) is 81.6 cm³/mol. The van der Waals surface area contributed by atoms with Gasteiger partial charge in [-0.05, 0) is 12.8 Å². The summed E-state index contributed by atoms with van der Waals surface area (Å²) in [6.45, 7) is 0.628. The molecule has 1 N–H and O–H groups in total. The number of esters is 1. The first-order valence-corrected chi connectivity index (χ1v) is 7.91. The van der Waals surface area contributed by atoms with Crippen LogP contribution in [0.25, 0.3) is 0 Å². The maximum atomic E-state index is 13.4. The molecule has 0 aliphatic rings. The third-order valence-corrected chi connectivity index (χ3v) is 3.23. The molecular formula is C16H18F5NO5. The molecule has 1 aromatic rings. The number of hydrogen-bond donors (Lipinski definition) is 1. The van der Waals surface area contributed by atoms with E-state index in [4.69, 9.17) is 9.47 Å². The number of nitrogens with one attached hydrogen (secondary N) is 1. The van der Waals surface area contributed by atoms with Crippen molar-refractivity contribution in [2.45, 2.75) is 25.7 Å². The fourth-order valence-corrected chi connectivity index (χ4v) is 1.87. The second-order valence-electron chi connectivity index (χ2n) is 5.24. The maximum absolute atomic E-state index is 13.4. The van der Waals surface area contributed by atoms with E-state index in [1.54, 1.807) is 0 Å². The number of hydrogen-bond acceptors (Lipinski definition) is 5. The molecule has 0 radical (unpaired) electrons.